The number of nitrogens with zero attached hydrogens (tertiary/aromatic N) is 1. The van der Waals surface area contributed by atoms with E-state index in [0.717, 1.165) is 6.42 Å². The second-order valence-electron chi connectivity index (χ2n) is 3.50. The van der Waals surface area contributed by atoms with Crippen molar-refractivity contribution in [1.82, 2.24) is 10.2 Å². The average molecular weight is 199 g/mol. The van der Waals surface area contributed by atoms with Gasteiger partial charge >= 0.3 is 0 Å². The van der Waals surface area contributed by atoms with Crippen molar-refractivity contribution in [2.75, 3.05) is 19.6 Å². The van der Waals surface area contributed by atoms with Crippen molar-refractivity contribution in [1.29, 1.82) is 0 Å². The lowest BCUT2D eigenvalue weighted by Crippen LogP contribution is -2.54. The summed E-state index contributed by atoms with van der Waals surface area (Å²) in [7, 11) is 0. The summed E-state index contributed by atoms with van der Waals surface area (Å²) in [6, 6.07) is -0.453. The number of rotatable bonds is 3. The van der Waals surface area contributed by atoms with E-state index in [1.165, 1.54) is 4.90 Å². The van der Waals surface area contributed by atoms with Gasteiger partial charge in [-0.3, -0.25) is 9.59 Å². The Morgan fingerprint density at radius 3 is 3.00 bits per heavy atom. The van der Waals surface area contributed by atoms with Gasteiger partial charge in [-0.2, -0.15) is 0 Å². The van der Waals surface area contributed by atoms with Gasteiger partial charge < -0.3 is 16.0 Å². The molecule has 0 radical (unpaired) electrons. The molecule has 3 N–H and O–H groups in total. The van der Waals surface area contributed by atoms with Gasteiger partial charge in [0.2, 0.25) is 11.8 Å². The van der Waals surface area contributed by atoms with Crippen LogP contribution in [0.15, 0.2) is 0 Å². The highest BCUT2D eigenvalue weighted by atomic mass is 16.2. The zero-order valence-corrected chi connectivity index (χ0v) is 8.45. The Kier molecular flexibility index (Phi) is 3.88. The van der Waals surface area contributed by atoms with E-state index < -0.39 is 6.04 Å². The van der Waals surface area contributed by atoms with Crippen molar-refractivity contribution in [3.8, 4) is 0 Å². The summed E-state index contributed by atoms with van der Waals surface area (Å²) in [4.78, 5) is 24.2. The summed E-state index contributed by atoms with van der Waals surface area (Å²) in [5.41, 5.74) is 5.68. The molecule has 5 nitrogen and oxygen atoms in total. The first-order valence-corrected chi connectivity index (χ1v) is 4.96. The predicted octanol–water partition coefficient (Wildman–Crippen LogP) is -0.928. The van der Waals surface area contributed by atoms with Gasteiger partial charge in [0.15, 0.2) is 0 Å². The van der Waals surface area contributed by atoms with Crippen LogP contribution in [-0.2, 0) is 9.59 Å². The number of nitrogens with two attached hydrogens (primary N) is 1. The minimum atomic E-state index is -0.453. The molecule has 1 heterocycles. The smallest absolute Gasteiger partial charge is 0.240 e. The molecule has 0 aromatic heterocycles. The average Bonchev–Trinajstić information content (AvgIpc) is 2.17. The van der Waals surface area contributed by atoms with Gasteiger partial charge in [0.05, 0.1) is 12.6 Å². The summed E-state index contributed by atoms with van der Waals surface area (Å²) in [6.45, 7) is 3.23. The molecule has 1 aliphatic rings. The summed E-state index contributed by atoms with van der Waals surface area (Å²) in [5.74, 6) is -0.213. The van der Waals surface area contributed by atoms with E-state index in [1.807, 2.05) is 6.92 Å². The van der Waals surface area contributed by atoms with Crippen LogP contribution in [0, 0.1) is 0 Å². The van der Waals surface area contributed by atoms with Crippen LogP contribution in [0.3, 0.4) is 0 Å². The third kappa shape index (κ3) is 2.70. The standard InChI is InChI=1S/C9H17N3O2/c1-2-3-7(10)9(14)12-5-4-11-8(13)6-12/h7H,2-6,10H2,1H3,(H,11,13). The number of carbonyl (C=O) groups is 2. The van der Waals surface area contributed by atoms with Gasteiger partial charge in [-0.1, -0.05) is 13.3 Å². The van der Waals surface area contributed by atoms with E-state index in [1.54, 1.807) is 0 Å². The minimum absolute atomic E-state index is 0.103. The van der Waals surface area contributed by atoms with Crippen LogP contribution >= 0.6 is 0 Å². The molecular weight excluding hydrogens is 182 g/mol. The molecule has 1 fully saturated rings. The minimum Gasteiger partial charge on any atom is -0.353 e. The first-order valence-electron chi connectivity index (χ1n) is 4.96. The first kappa shape index (κ1) is 11.0. The number of piperazine rings is 1. The molecule has 1 unspecified atom stereocenters. The van der Waals surface area contributed by atoms with Gasteiger partial charge in [0.1, 0.15) is 0 Å². The molecule has 1 rings (SSSR count). The molecule has 14 heavy (non-hydrogen) atoms. The fourth-order valence-electron chi connectivity index (χ4n) is 1.50. The lowest BCUT2D eigenvalue weighted by atomic mass is 10.1. The highest BCUT2D eigenvalue weighted by Crippen LogP contribution is 2.01. The number of nitrogens with one attached hydrogen (secondary N) is 1. The molecule has 5 heteroatoms. The van der Waals surface area contributed by atoms with E-state index in [4.69, 9.17) is 5.73 Å². The topological polar surface area (TPSA) is 75.4 Å². The number of amides is 2. The maximum Gasteiger partial charge on any atom is 0.240 e. The Bertz CT molecular complexity index is 230. The monoisotopic (exact) mass is 199 g/mol. The van der Waals surface area contributed by atoms with Crippen LogP contribution < -0.4 is 11.1 Å². The molecule has 1 saturated heterocycles. The van der Waals surface area contributed by atoms with Crippen molar-refractivity contribution in [3.63, 3.8) is 0 Å². The van der Waals surface area contributed by atoms with E-state index in [-0.39, 0.29) is 18.4 Å². The fraction of sp³-hybridized carbons (Fsp3) is 0.778. The van der Waals surface area contributed by atoms with Gasteiger partial charge in [-0.15, -0.1) is 0 Å². The molecule has 1 aliphatic heterocycles. The summed E-state index contributed by atoms with van der Waals surface area (Å²) in [5, 5.41) is 2.66. The lowest BCUT2D eigenvalue weighted by molar-refractivity contribution is -0.139. The van der Waals surface area contributed by atoms with Crippen LogP contribution in [0.25, 0.3) is 0 Å². The molecule has 0 aromatic rings. The van der Waals surface area contributed by atoms with Crippen molar-refractivity contribution in [3.05, 3.63) is 0 Å². The Morgan fingerprint density at radius 1 is 1.71 bits per heavy atom. The second kappa shape index (κ2) is 4.95. The highest BCUT2D eigenvalue weighted by molar-refractivity contribution is 5.88. The molecule has 0 saturated carbocycles. The van der Waals surface area contributed by atoms with Crippen molar-refractivity contribution < 1.29 is 9.59 Å². The third-order valence-corrected chi connectivity index (χ3v) is 2.27. The number of hydrogen-bond donors (Lipinski definition) is 2. The van der Waals surface area contributed by atoms with Gasteiger partial charge in [0.25, 0.3) is 0 Å². The Balaban J connectivity index is 2.46. The van der Waals surface area contributed by atoms with Crippen LogP contribution in [0.1, 0.15) is 19.8 Å². The van der Waals surface area contributed by atoms with Crippen molar-refractivity contribution in [2.24, 2.45) is 5.73 Å². The second-order valence-corrected chi connectivity index (χ2v) is 3.50. The number of hydrogen-bond acceptors (Lipinski definition) is 3. The summed E-state index contributed by atoms with van der Waals surface area (Å²) in [6.07, 6.45) is 1.56. The maximum absolute atomic E-state index is 11.7. The van der Waals surface area contributed by atoms with E-state index in [9.17, 15) is 9.59 Å². The maximum atomic E-state index is 11.7. The zero-order chi connectivity index (χ0) is 10.6. The molecule has 0 aliphatic carbocycles. The normalized spacial score (nSPS) is 19.0. The van der Waals surface area contributed by atoms with Crippen LogP contribution in [0.4, 0.5) is 0 Å². The van der Waals surface area contributed by atoms with E-state index >= 15 is 0 Å². The molecular formula is C9H17N3O2. The Hall–Kier alpha value is -1.10. The Labute approximate surface area is 83.6 Å². The quantitative estimate of drug-likeness (QED) is 0.616. The SMILES string of the molecule is CCCC(N)C(=O)N1CCNC(=O)C1. The van der Waals surface area contributed by atoms with Gasteiger partial charge in [-0.05, 0) is 6.42 Å². The number of carbonyl (C=O) groups excluding carboxylic acids is 2. The predicted molar refractivity (Wildman–Crippen MR) is 52.5 cm³/mol. The first-order chi connectivity index (χ1) is 6.65. The summed E-state index contributed by atoms with van der Waals surface area (Å²) >= 11 is 0. The van der Waals surface area contributed by atoms with Crippen LogP contribution in [0.2, 0.25) is 0 Å². The molecule has 2 amide bonds. The summed E-state index contributed by atoms with van der Waals surface area (Å²) < 4.78 is 0. The molecule has 0 bridgehead atoms. The van der Waals surface area contributed by atoms with E-state index in [0.29, 0.717) is 19.5 Å². The van der Waals surface area contributed by atoms with Crippen molar-refractivity contribution >= 4 is 11.8 Å². The Morgan fingerprint density at radius 2 is 2.43 bits per heavy atom. The molecule has 0 spiro atoms. The van der Waals surface area contributed by atoms with Gasteiger partial charge in [-0.25, -0.2) is 0 Å². The van der Waals surface area contributed by atoms with Crippen LogP contribution in [0.5, 0.6) is 0 Å². The van der Waals surface area contributed by atoms with E-state index in [2.05, 4.69) is 5.32 Å². The fourth-order valence-corrected chi connectivity index (χ4v) is 1.50. The lowest BCUT2D eigenvalue weighted by Gasteiger charge is -2.28. The molecule has 0 aromatic carbocycles. The van der Waals surface area contributed by atoms with Crippen molar-refractivity contribution in [2.45, 2.75) is 25.8 Å². The van der Waals surface area contributed by atoms with Gasteiger partial charge in [0, 0.05) is 13.1 Å². The highest BCUT2D eigenvalue weighted by Gasteiger charge is 2.24. The van der Waals surface area contributed by atoms with Crippen LogP contribution in [-0.4, -0.2) is 42.4 Å². The molecule has 80 valence electrons. The third-order valence-electron chi connectivity index (χ3n) is 2.27. The molecule has 1 atom stereocenters. The zero-order valence-electron chi connectivity index (χ0n) is 8.45. The largest absolute Gasteiger partial charge is 0.353 e.